The molecule has 0 heterocycles. The second-order valence-electron chi connectivity index (χ2n) is 5.35. The van der Waals surface area contributed by atoms with Crippen molar-refractivity contribution in [1.29, 1.82) is 0 Å². The third-order valence-electron chi connectivity index (χ3n) is 3.37. The Morgan fingerprint density at radius 3 is 2.39 bits per heavy atom. The van der Waals surface area contributed by atoms with Crippen LogP contribution in [0.2, 0.25) is 0 Å². The zero-order chi connectivity index (χ0) is 13.1. The maximum atomic E-state index is 12.3. The summed E-state index contributed by atoms with van der Waals surface area (Å²) in [5, 5.41) is 0. The molecule has 1 unspecified atom stereocenters. The molecule has 1 aliphatic carbocycles. The Balaban J connectivity index is 2.04. The minimum Gasteiger partial charge on any atom is -0.370 e. The average molecular weight is 246 g/mol. The lowest BCUT2D eigenvalue weighted by Crippen LogP contribution is -2.28. The number of aryl methyl sites for hydroxylation is 2. The van der Waals surface area contributed by atoms with Gasteiger partial charge in [-0.2, -0.15) is 0 Å². The Morgan fingerprint density at radius 2 is 1.89 bits per heavy atom. The summed E-state index contributed by atoms with van der Waals surface area (Å²) in [6.07, 6.45) is 2.62. The summed E-state index contributed by atoms with van der Waals surface area (Å²) < 4.78 is 5.61. The van der Waals surface area contributed by atoms with E-state index in [9.17, 15) is 4.79 Å². The normalized spacial score (nSPS) is 16.6. The molecule has 0 bridgehead atoms. The monoisotopic (exact) mass is 246 g/mol. The zero-order valence-corrected chi connectivity index (χ0v) is 11.5. The molecular weight excluding hydrogens is 224 g/mol. The van der Waals surface area contributed by atoms with Crippen LogP contribution in [-0.4, -0.2) is 18.5 Å². The third kappa shape index (κ3) is 3.42. The SMILES string of the molecule is CCOC(C(=O)Cc1cc(C)cc(C)c1)C1CC1. The molecule has 1 saturated carbocycles. The first-order valence-electron chi connectivity index (χ1n) is 6.81. The second kappa shape index (κ2) is 5.66. The summed E-state index contributed by atoms with van der Waals surface area (Å²) in [6.45, 7) is 6.73. The Hall–Kier alpha value is -1.15. The fourth-order valence-electron chi connectivity index (χ4n) is 2.54. The van der Waals surface area contributed by atoms with Crippen LogP contribution in [0, 0.1) is 19.8 Å². The molecule has 1 fully saturated rings. The summed E-state index contributed by atoms with van der Waals surface area (Å²) in [5.74, 6) is 0.715. The van der Waals surface area contributed by atoms with Gasteiger partial charge in [-0.25, -0.2) is 0 Å². The van der Waals surface area contributed by atoms with E-state index in [1.807, 2.05) is 6.92 Å². The van der Waals surface area contributed by atoms with Crippen molar-refractivity contribution in [2.24, 2.45) is 5.92 Å². The van der Waals surface area contributed by atoms with Crippen LogP contribution >= 0.6 is 0 Å². The maximum Gasteiger partial charge on any atom is 0.166 e. The highest BCUT2D eigenvalue weighted by atomic mass is 16.5. The van der Waals surface area contributed by atoms with Crippen LogP contribution < -0.4 is 0 Å². The van der Waals surface area contributed by atoms with Crippen LogP contribution in [0.4, 0.5) is 0 Å². The number of benzene rings is 1. The molecule has 0 N–H and O–H groups in total. The molecule has 98 valence electrons. The lowest BCUT2D eigenvalue weighted by Gasteiger charge is -2.15. The number of ketones is 1. The highest BCUT2D eigenvalue weighted by molar-refractivity contribution is 5.86. The van der Waals surface area contributed by atoms with Gasteiger partial charge in [0.25, 0.3) is 0 Å². The van der Waals surface area contributed by atoms with Gasteiger partial charge in [0, 0.05) is 13.0 Å². The van der Waals surface area contributed by atoms with Crippen LogP contribution in [0.25, 0.3) is 0 Å². The minimum atomic E-state index is -0.171. The maximum absolute atomic E-state index is 12.3. The fraction of sp³-hybridized carbons (Fsp3) is 0.562. The van der Waals surface area contributed by atoms with Gasteiger partial charge < -0.3 is 4.74 Å². The van der Waals surface area contributed by atoms with Crippen molar-refractivity contribution in [1.82, 2.24) is 0 Å². The zero-order valence-electron chi connectivity index (χ0n) is 11.5. The van der Waals surface area contributed by atoms with Gasteiger partial charge >= 0.3 is 0 Å². The van der Waals surface area contributed by atoms with Gasteiger partial charge in [-0.3, -0.25) is 4.79 Å². The summed E-state index contributed by atoms with van der Waals surface area (Å²) in [5.41, 5.74) is 3.55. The van der Waals surface area contributed by atoms with E-state index < -0.39 is 0 Å². The molecule has 0 amide bonds. The largest absolute Gasteiger partial charge is 0.370 e. The number of rotatable bonds is 6. The van der Waals surface area contributed by atoms with E-state index >= 15 is 0 Å². The molecule has 0 radical (unpaired) electrons. The number of Topliss-reactive ketones (excluding diaryl/α,β-unsaturated/α-hetero) is 1. The predicted octanol–water partition coefficient (Wildman–Crippen LogP) is 3.23. The van der Waals surface area contributed by atoms with E-state index in [1.165, 1.54) is 11.1 Å². The van der Waals surface area contributed by atoms with Gasteiger partial charge in [0.2, 0.25) is 0 Å². The van der Waals surface area contributed by atoms with Gasteiger partial charge in [0.1, 0.15) is 6.10 Å². The molecule has 1 aromatic carbocycles. The van der Waals surface area contributed by atoms with Crippen molar-refractivity contribution >= 4 is 5.78 Å². The highest BCUT2D eigenvalue weighted by Gasteiger charge is 2.36. The molecule has 2 heteroatoms. The summed E-state index contributed by atoms with van der Waals surface area (Å²) >= 11 is 0. The molecule has 0 aromatic heterocycles. The van der Waals surface area contributed by atoms with Crippen molar-refractivity contribution in [3.8, 4) is 0 Å². The van der Waals surface area contributed by atoms with Crippen molar-refractivity contribution < 1.29 is 9.53 Å². The van der Waals surface area contributed by atoms with Crippen LogP contribution in [-0.2, 0) is 16.0 Å². The molecular formula is C16H22O2. The summed E-state index contributed by atoms with van der Waals surface area (Å²) in [7, 11) is 0. The fourth-order valence-corrected chi connectivity index (χ4v) is 2.54. The number of carbonyl (C=O) groups excluding carboxylic acids is 1. The quantitative estimate of drug-likeness (QED) is 0.770. The van der Waals surface area contributed by atoms with Crippen LogP contribution in [0.15, 0.2) is 18.2 Å². The molecule has 0 aliphatic heterocycles. The van der Waals surface area contributed by atoms with Crippen molar-refractivity contribution in [3.63, 3.8) is 0 Å². The standard InChI is InChI=1S/C16H22O2/c1-4-18-16(14-5-6-14)15(17)10-13-8-11(2)7-12(3)9-13/h7-9,14,16H,4-6,10H2,1-3H3. The topological polar surface area (TPSA) is 26.3 Å². The second-order valence-corrected chi connectivity index (χ2v) is 5.35. The Morgan fingerprint density at radius 1 is 1.28 bits per heavy atom. The molecule has 2 rings (SSSR count). The van der Waals surface area contributed by atoms with E-state index in [4.69, 9.17) is 4.74 Å². The van der Waals surface area contributed by atoms with Gasteiger partial charge in [-0.15, -0.1) is 0 Å². The predicted molar refractivity (Wildman–Crippen MR) is 72.8 cm³/mol. The van der Waals surface area contributed by atoms with E-state index in [2.05, 4.69) is 32.0 Å². The molecule has 0 spiro atoms. The smallest absolute Gasteiger partial charge is 0.166 e. The highest BCUT2D eigenvalue weighted by Crippen LogP contribution is 2.35. The summed E-state index contributed by atoms with van der Waals surface area (Å²) in [4.78, 5) is 12.3. The lowest BCUT2D eigenvalue weighted by molar-refractivity contribution is -0.130. The Bertz CT molecular complexity index is 412. The summed E-state index contributed by atoms with van der Waals surface area (Å²) in [6, 6.07) is 6.33. The molecule has 1 aliphatic rings. The van der Waals surface area contributed by atoms with Crippen LogP contribution in [0.1, 0.15) is 36.5 Å². The van der Waals surface area contributed by atoms with Crippen LogP contribution in [0.5, 0.6) is 0 Å². The van der Waals surface area contributed by atoms with Crippen molar-refractivity contribution in [2.75, 3.05) is 6.61 Å². The molecule has 1 atom stereocenters. The Kier molecular flexibility index (Phi) is 4.18. The van der Waals surface area contributed by atoms with E-state index in [0.717, 1.165) is 18.4 Å². The first-order valence-corrected chi connectivity index (χ1v) is 6.81. The van der Waals surface area contributed by atoms with Crippen molar-refractivity contribution in [3.05, 3.63) is 34.9 Å². The van der Waals surface area contributed by atoms with Gasteiger partial charge in [-0.05, 0) is 45.1 Å². The van der Waals surface area contributed by atoms with E-state index in [-0.39, 0.29) is 11.9 Å². The average Bonchev–Trinajstić information content (AvgIpc) is 3.07. The number of hydrogen-bond acceptors (Lipinski definition) is 2. The number of carbonyl (C=O) groups is 1. The van der Waals surface area contributed by atoms with Gasteiger partial charge in [-0.1, -0.05) is 29.3 Å². The number of hydrogen-bond donors (Lipinski definition) is 0. The number of ether oxygens (including phenoxy) is 1. The molecule has 18 heavy (non-hydrogen) atoms. The Labute approximate surface area is 109 Å². The molecule has 2 nitrogen and oxygen atoms in total. The van der Waals surface area contributed by atoms with E-state index in [0.29, 0.717) is 18.9 Å². The van der Waals surface area contributed by atoms with Gasteiger partial charge in [0.15, 0.2) is 5.78 Å². The minimum absolute atomic E-state index is 0.171. The first kappa shape index (κ1) is 13.3. The van der Waals surface area contributed by atoms with Crippen molar-refractivity contribution in [2.45, 2.75) is 46.1 Å². The van der Waals surface area contributed by atoms with Gasteiger partial charge in [0.05, 0.1) is 0 Å². The lowest BCUT2D eigenvalue weighted by atomic mass is 9.99. The molecule has 0 saturated heterocycles. The van der Waals surface area contributed by atoms with E-state index in [1.54, 1.807) is 0 Å². The molecule has 1 aromatic rings. The third-order valence-corrected chi connectivity index (χ3v) is 3.37. The first-order chi connectivity index (χ1) is 8.60. The van der Waals surface area contributed by atoms with Crippen LogP contribution in [0.3, 0.4) is 0 Å².